The molecule has 2 saturated heterocycles. The van der Waals surface area contributed by atoms with E-state index in [0.29, 0.717) is 17.7 Å². The largest absolute Gasteiger partial charge is 0.539 e. The zero-order valence-electron chi connectivity index (χ0n) is 20.6. The van der Waals surface area contributed by atoms with Crippen molar-refractivity contribution in [1.29, 1.82) is 0 Å². The van der Waals surface area contributed by atoms with Crippen LogP contribution in [0.1, 0.15) is 18.5 Å². The Kier molecular flexibility index (Phi) is 8.02. The van der Waals surface area contributed by atoms with Gasteiger partial charge in [0.15, 0.2) is 12.3 Å². The lowest BCUT2D eigenvalue weighted by molar-refractivity contribution is -0.184. The number of amides is 6. The molecule has 0 radical (unpaired) electrons. The molecule has 6 amide bonds. The van der Waals surface area contributed by atoms with E-state index in [2.05, 4.69) is 10.6 Å². The summed E-state index contributed by atoms with van der Waals surface area (Å²) in [5.41, 5.74) is 0.707. The molecule has 2 fully saturated rings. The number of carbonyl (C=O) groups is 6. The highest BCUT2D eigenvalue weighted by Crippen LogP contribution is 2.34. The van der Waals surface area contributed by atoms with Crippen LogP contribution in [-0.2, 0) is 33.4 Å². The maximum Gasteiger partial charge on any atom is 0.337 e. The number of imide groups is 1. The molecule has 0 spiro atoms. The predicted molar refractivity (Wildman–Crippen MR) is 133 cm³/mol. The molecule has 38 heavy (non-hydrogen) atoms. The van der Waals surface area contributed by atoms with Crippen molar-refractivity contribution in [2.45, 2.75) is 25.2 Å². The highest BCUT2D eigenvalue weighted by Gasteiger charge is 2.55. The summed E-state index contributed by atoms with van der Waals surface area (Å²) in [5.74, 6) is -4.02. The van der Waals surface area contributed by atoms with Gasteiger partial charge in [0.1, 0.15) is 11.7 Å². The normalized spacial score (nSPS) is 21.9. The first kappa shape index (κ1) is 27.1. The summed E-state index contributed by atoms with van der Waals surface area (Å²) in [6, 6.07) is 4.79. The Hall–Kier alpha value is -3.91. The number of fused-ring (bicyclic) bond motifs is 1. The second-order valence-corrected chi connectivity index (χ2v) is 8.88. The second kappa shape index (κ2) is 11.2. The number of nitrogens with one attached hydrogen (secondary N) is 2. The topological polar surface area (TPSA) is 155 Å². The highest BCUT2D eigenvalue weighted by molar-refractivity contribution is 6.38. The van der Waals surface area contributed by atoms with Crippen molar-refractivity contribution in [2.75, 3.05) is 32.1 Å². The van der Waals surface area contributed by atoms with E-state index in [4.69, 9.17) is 21.0 Å². The first-order valence-electron chi connectivity index (χ1n) is 11.8. The van der Waals surface area contributed by atoms with Crippen LogP contribution < -0.4 is 10.6 Å². The van der Waals surface area contributed by atoms with E-state index in [0.717, 1.165) is 9.80 Å². The lowest BCUT2D eigenvalue weighted by Gasteiger charge is -2.49. The number of nitrogens with zero attached hydrogens (tertiary/aromatic N) is 3. The Morgan fingerprint density at radius 2 is 1.87 bits per heavy atom. The third-order valence-corrected chi connectivity index (χ3v) is 6.81. The van der Waals surface area contributed by atoms with E-state index >= 15 is 0 Å². The molecule has 15 heteroatoms. The van der Waals surface area contributed by atoms with E-state index in [9.17, 15) is 28.8 Å². The fraction of sp³-hybridized carbons (Fsp3) is 0.391. The number of halogens is 1. The number of hydrogen-bond donors (Lipinski definition) is 2. The third kappa shape index (κ3) is 4.84. The Bertz CT molecular complexity index is 1210. The number of β-lactam (4-membered cyclic amide) rings is 1. The summed E-state index contributed by atoms with van der Waals surface area (Å²) in [6.07, 6.45) is -0.985. The van der Waals surface area contributed by atoms with E-state index in [1.54, 1.807) is 37.3 Å². The van der Waals surface area contributed by atoms with Crippen molar-refractivity contribution in [3.63, 3.8) is 0 Å². The maximum absolute atomic E-state index is 13.4. The van der Waals surface area contributed by atoms with Crippen molar-refractivity contribution in [1.82, 2.24) is 25.3 Å². The molecule has 13 nitrogen and oxygen atoms in total. The Labute approximate surface area is 223 Å². The van der Waals surface area contributed by atoms with Gasteiger partial charge >= 0.3 is 31.9 Å². The zero-order chi connectivity index (χ0) is 27.6. The number of rotatable bonds is 7. The second-order valence-electron chi connectivity index (χ2n) is 8.61. The number of urea groups is 1. The van der Waals surface area contributed by atoms with Gasteiger partial charge in [-0.15, -0.1) is 11.6 Å². The van der Waals surface area contributed by atoms with Crippen molar-refractivity contribution >= 4 is 55.3 Å². The molecule has 3 atom stereocenters. The van der Waals surface area contributed by atoms with Gasteiger partial charge in [0, 0.05) is 31.1 Å². The molecule has 3 aliphatic rings. The molecule has 0 aliphatic carbocycles. The smallest absolute Gasteiger partial charge is 0.337 e. The molecule has 0 unspecified atom stereocenters. The van der Waals surface area contributed by atoms with E-state index in [-0.39, 0.29) is 31.3 Å². The van der Waals surface area contributed by atoms with Gasteiger partial charge in [0.2, 0.25) is 5.91 Å². The van der Waals surface area contributed by atoms with Gasteiger partial charge in [0.25, 0.3) is 5.91 Å². The van der Waals surface area contributed by atoms with Gasteiger partial charge in [-0.3, -0.25) is 29.0 Å². The third-order valence-electron chi connectivity index (χ3n) is 6.48. The lowest BCUT2D eigenvalue weighted by Crippen LogP contribution is -2.73. The minimum Gasteiger partial charge on any atom is -0.539 e. The summed E-state index contributed by atoms with van der Waals surface area (Å²) >= 11 is 5.89. The monoisotopic (exact) mass is 545 g/mol. The van der Waals surface area contributed by atoms with Crippen molar-refractivity contribution in [3.05, 3.63) is 47.2 Å². The summed E-state index contributed by atoms with van der Waals surface area (Å²) < 4.78 is 10.4. The molecule has 1 aromatic carbocycles. The molecule has 3 heterocycles. The minimum atomic E-state index is -1.31. The van der Waals surface area contributed by atoms with Crippen molar-refractivity contribution in [2.24, 2.45) is 0 Å². The predicted octanol–water partition coefficient (Wildman–Crippen LogP) is -1.60. The van der Waals surface area contributed by atoms with Gasteiger partial charge in [-0.2, -0.15) is 0 Å². The summed E-state index contributed by atoms with van der Waals surface area (Å²) in [4.78, 5) is 79.4. The fourth-order valence-corrected chi connectivity index (χ4v) is 4.63. The number of likely N-dealkylation sites (N-methyl/N-ethyl adjacent to an activating group) is 1. The number of alkyl halides is 1. The summed E-state index contributed by atoms with van der Waals surface area (Å²) in [6.45, 7) is 2.13. The highest BCUT2D eigenvalue weighted by atomic mass is 35.5. The van der Waals surface area contributed by atoms with Crippen LogP contribution in [0.2, 0.25) is 0 Å². The SMILES string of the molecule is BOC(=O)C1=C(CCl)CO[C@@H]2[C@H](NC(=O)[C@H](NC(=O)N3CCN(CC)C(=O)C3=O)c3ccccc3)C(=O)N12. The number of hydrogen-bond acceptors (Lipinski definition) is 8. The van der Waals surface area contributed by atoms with Crippen LogP contribution in [0.25, 0.3) is 0 Å². The van der Waals surface area contributed by atoms with Crippen LogP contribution in [0.5, 0.6) is 0 Å². The van der Waals surface area contributed by atoms with Crippen LogP contribution in [-0.4, -0.2) is 103 Å². The first-order chi connectivity index (χ1) is 18.2. The lowest BCUT2D eigenvalue weighted by atomic mass is 9.97. The van der Waals surface area contributed by atoms with Crippen molar-refractivity contribution in [3.8, 4) is 0 Å². The zero-order valence-corrected chi connectivity index (χ0v) is 21.4. The van der Waals surface area contributed by atoms with Gasteiger partial charge < -0.3 is 24.9 Å². The number of ether oxygens (including phenoxy) is 1. The first-order valence-corrected chi connectivity index (χ1v) is 12.3. The Morgan fingerprint density at radius 3 is 2.50 bits per heavy atom. The van der Waals surface area contributed by atoms with Gasteiger partial charge in [-0.05, 0) is 12.5 Å². The van der Waals surface area contributed by atoms with Crippen LogP contribution in [0, 0.1) is 0 Å². The molecule has 1 aromatic rings. The molecule has 0 saturated carbocycles. The van der Waals surface area contributed by atoms with Gasteiger partial charge in [-0.25, -0.2) is 9.59 Å². The average molecular weight is 546 g/mol. The van der Waals surface area contributed by atoms with Crippen LogP contribution in [0.3, 0.4) is 0 Å². The molecule has 200 valence electrons. The van der Waals surface area contributed by atoms with Gasteiger partial charge in [0.05, 0.1) is 6.61 Å². The number of benzene rings is 1. The van der Waals surface area contributed by atoms with Crippen molar-refractivity contribution < 1.29 is 38.2 Å². The molecule has 3 aliphatic heterocycles. The van der Waals surface area contributed by atoms with E-state index < -0.39 is 53.9 Å². The standard InChI is InChI=1S/C23H25BClN5O8/c1-2-28-8-9-29(20(34)19(28)33)23(36)27-14(12-6-4-3-5-7-12)17(31)26-15-18(32)30-16(22(35)38-24)13(10-25)11-37-21(15)30/h3-7,14-15,21H,2,8-11,24H2,1H3,(H,26,31)(H,27,36)/t14-,15-,21-/m1/s1. The number of piperazine rings is 1. The Morgan fingerprint density at radius 1 is 1.16 bits per heavy atom. The fourth-order valence-electron chi connectivity index (χ4n) is 4.43. The quantitative estimate of drug-likeness (QED) is 0.180. The molecular formula is C23H25BClN5O8. The van der Waals surface area contributed by atoms with E-state index in [1.807, 2.05) is 0 Å². The molecule has 0 bridgehead atoms. The Balaban J connectivity index is 1.51. The molecular weight excluding hydrogens is 521 g/mol. The van der Waals surface area contributed by atoms with E-state index in [1.165, 1.54) is 12.9 Å². The summed E-state index contributed by atoms with van der Waals surface area (Å²) in [7, 11) is 1.17. The molecule has 0 aromatic heterocycles. The maximum atomic E-state index is 13.4. The van der Waals surface area contributed by atoms with Crippen LogP contribution in [0.4, 0.5) is 4.79 Å². The number of carbonyl (C=O) groups excluding carboxylic acids is 6. The minimum absolute atomic E-state index is 0.0310. The molecule has 2 N–H and O–H groups in total. The molecule has 4 rings (SSSR count). The average Bonchev–Trinajstić information content (AvgIpc) is 2.94. The van der Waals surface area contributed by atoms with Gasteiger partial charge in [-0.1, -0.05) is 30.3 Å². The van der Waals surface area contributed by atoms with Crippen LogP contribution in [0.15, 0.2) is 41.6 Å². The van der Waals surface area contributed by atoms with Crippen LogP contribution >= 0.6 is 11.6 Å². The summed E-state index contributed by atoms with van der Waals surface area (Å²) in [5, 5.41) is 5.06.